The van der Waals surface area contributed by atoms with E-state index in [1.54, 1.807) is 47.0 Å². The van der Waals surface area contributed by atoms with Gasteiger partial charge in [0.1, 0.15) is 0 Å². The molecule has 3 N–H and O–H groups in total. The van der Waals surface area contributed by atoms with Crippen LogP contribution in [0.3, 0.4) is 0 Å². The molecule has 0 atom stereocenters. The molecule has 3 aromatic carbocycles. The first-order valence-electron chi connectivity index (χ1n) is 9.88. The van der Waals surface area contributed by atoms with Crippen LogP contribution < -0.4 is 16.6 Å². The quantitative estimate of drug-likeness (QED) is 0.336. The Morgan fingerprint density at radius 3 is 2.41 bits per heavy atom. The zero-order valence-corrected chi connectivity index (χ0v) is 17.8. The Kier molecular flexibility index (Phi) is 6.32. The Bertz CT molecular complexity index is 1350. The van der Waals surface area contributed by atoms with Crippen molar-refractivity contribution in [3.8, 4) is 0 Å². The number of hydrogen-bond donors (Lipinski definition) is 2. The van der Waals surface area contributed by atoms with Crippen LogP contribution >= 0.6 is 11.8 Å². The van der Waals surface area contributed by atoms with Gasteiger partial charge < -0.3 is 11.1 Å². The van der Waals surface area contributed by atoms with E-state index in [1.165, 1.54) is 0 Å². The monoisotopic (exact) mass is 444 g/mol. The summed E-state index contributed by atoms with van der Waals surface area (Å²) >= 11 is 1.16. The molecule has 160 valence electrons. The third-order valence-electron chi connectivity index (χ3n) is 4.81. The lowest BCUT2D eigenvalue weighted by Crippen LogP contribution is -2.25. The summed E-state index contributed by atoms with van der Waals surface area (Å²) in [4.78, 5) is 42.0. The van der Waals surface area contributed by atoms with Crippen LogP contribution in [0, 0.1) is 0 Å². The summed E-state index contributed by atoms with van der Waals surface area (Å²) in [7, 11) is 0. The molecule has 0 radical (unpaired) electrons. The molecule has 2 amide bonds. The van der Waals surface area contributed by atoms with E-state index in [0.29, 0.717) is 28.3 Å². The van der Waals surface area contributed by atoms with E-state index in [1.807, 2.05) is 36.4 Å². The first-order valence-corrected chi connectivity index (χ1v) is 10.9. The zero-order valence-electron chi connectivity index (χ0n) is 17.0. The van der Waals surface area contributed by atoms with Gasteiger partial charge in [-0.25, -0.2) is 4.98 Å². The molecule has 7 nitrogen and oxygen atoms in total. The largest absolute Gasteiger partial charge is 0.366 e. The number of para-hydroxylation sites is 2. The molecule has 1 heterocycles. The SMILES string of the molecule is NC(=O)c1ccccc1NC(=O)CSc1nc2ccccc2c(=O)n1Cc1ccccc1. The minimum atomic E-state index is -0.624. The lowest BCUT2D eigenvalue weighted by molar-refractivity contribution is -0.113. The fraction of sp³-hybridized carbons (Fsp3) is 0.0833. The molecule has 0 unspecified atom stereocenters. The molecule has 4 rings (SSSR count). The van der Waals surface area contributed by atoms with Crippen LogP contribution in [0.5, 0.6) is 0 Å². The number of benzene rings is 3. The molecule has 0 fully saturated rings. The predicted octanol–water partition coefficient (Wildman–Crippen LogP) is 3.27. The number of nitrogens with zero attached hydrogens (tertiary/aromatic N) is 2. The summed E-state index contributed by atoms with van der Waals surface area (Å²) < 4.78 is 1.58. The number of thioether (sulfide) groups is 1. The Labute approximate surface area is 188 Å². The van der Waals surface area contributed by atoms with Gasteiger partial charge in [0.2, 0.25) is 5.91 Å². The number of anilines is 1. The minimum absolute atomic E-state index is 0.00661. The first kappa shape index (κ1) is 21.3. The Morgan fingerprint density at radius 2 is 1.62 bits per heavy atom. The lowest BCUT2D eigenvalue weighted by atomic mass is 10.1. The summed E-state index contributed by atoms with van der Waals surface area (Å²) in [6.07, 6.45) is 0. The van der Waals surface area contributed by atoms with Gasteiger partial charge >= 0.3 is 0 Å². The topological polar surface area (TPSA) is 107 Å². The summed E-state index contributed by atoms with van der Waals surface area (Å²) in [5, 5.41) is 3.67. The number of nitrogens with two attached hydrogens (primary N) is 1. The van der Waals surface area contributed by atoms with Gasteiger partial charge in [-0.2, -0.15) is 0 Å². The van der Waals surface area contributed by atoms with Gasteiger partial charge in [0.15, 0.2) is 5.16 Å². The van der Waals surface area contributed by atoms with Crippen molar-refractivity contribution in [2.24, 2.45) is 5.73 Å². The molecule has 32 heavy (non-hydrogen) atoms. The Hall–Kier alpha value is -3.91. The summed E-state index contributed by atoms with van der Waals surface area (Å²) in [5.74, 6) is -0.953. The summed E-state index contributed by atoms with van der Waals surface area (Å²) in [5.41, 5.74) is 7.31. The highest BCUT2D eigenvalue weighted by Gasteiger charge is 2.15. The average molecular weight is 445 g/mol. The van der Waals surface area contributed by atoms with Gasteiger partial charge in [0.25, 0.3) is 11.5 Å². The van der Waals surface area contributed by atoms with Crippen molar-refractivity contribution in [3.63, 3.8) is 0 Å². The predicted molar refractivity (Wildman–Crippen MR) is 126 cm³/mol. The van der Waals surface area contributed by atoms with Crippen molar-refractivity contribution in [2.45, 2.75) is 11.7 Å². The number of carbonyl (C=O) groups is 2. The molecule has 4 aromatic rings. The van der Waals surface area contributed by atoms with Gasteiger partial charge in [-0.3, -0.25) is 19.0 Å². The molecular weight excluding hydrogens is 424 g/mol. The number of primary amides is 1. The van der Waals surface area contributed by atoms with Crippen LogP contribution in [0.2, 0.25) is 0 Å². The number of rotatable bonds is 7. The van der Waals surface area contributed by atoms with Crippen LogP contribution in [0.25, 0.3) is 10.9 Å². The maximum Gasteiger partial charge on any atom is 0.262 e. The summed E-state index contributed by atoms with van der Waals surface area (Å²) in [6, 6.07) is 23.3. The van der Waals surface area contributed by atoms with Crippen molar-refractivity contribution >= 4 is 40.2 Å². The van der Waals surface area contributed by atoms with Gasteiger partial charge in [-0.05, 0) is 29.8 Å². The van der Waals surface area contributed by atoms with E-state index in [-0.39, 0.29) is 22.8 Å². The lowest BCUT2D eigenvalue weighted by Gasteiger charge is -2.13. The second-order valence-corrected chi connectivity index (χ2v) is 7.98. The number of amides is 2. The maximum atomic E-state index is 13.2. The molecule has 0 saturated heterocycles. The fourth-order valence-electron chi connectivity index (χ4n) is 3.29. The van der Waals surface area contributed by atoms with Gasteiger partial charge in [-0.15, -0.1) is 0 Å². The zero-order chi connectivity index (χ0) is 22.5. The van der Waals surface area contributed by atoms with Crippen LogP contribution in [0.1, 0.15) is 15.9 Å². The number of fused-ring (bicyclic) bond motifs is 1. The molecule has 0 aliphatic heterocycles. The molecule has 8 heteroatoms. The third kappa shape index (κ3) is 4.70. The molecule has 0 aliphatic carbocycles. The second kappa shape index (κ2) is 9.49. The minimum Gasteiger partial charge on any atom is -0.366 e. The van der Waals surface area contributed by atoms with Crippen LogP contribution in [0.4, 0.5) is 5.69 Å². The van der Waals surface area contributed by atoms with Crippen molar-refractivity contribution in [1.82, 2.24) is 9.55 Å². The van der Waals surface area contributed by atoms with Crippen molar-refractivity contribution < 1.29 is 9.59 Å². The molecule has 0 aliphatic rings. The number of carbonyl (C=O) groups excluding carboxylic acids is 2. The molecule has 0 spiro atoms. The van der Waals surface area contributed by atoms with E-state index >= 15 is 0 Å². The first-order chi connectivity index (χ1) is 15.5. The van der Waals surface area contributed by atoms with Crippen LogP contribution in [-0.4, -0.2) is 27.1 Å². The van der Waals surface area contributed by atoms with E-state index in [0.717, 1.165) is 17.3 Å². The third-order valence-corrected chi connectivity index (χ3v) is 5.79. The van der Waals surface area contributed by atoms with Crippen molar-refractivity contribution in [2.75, 3.05) is 11.1 Å². The van der Waals surface area contributed by atoms with Crippen molar-refractivity contribution in [3.05, 3.63) is 100 Å². The van der Waals surface area contributed by atoms with Gasteiger partial charge in [-0.1, -0.05) is 66.4 Å². The van der Waals surface area contributed by atoms with E-state index in [2.05, 4.69) is 10.3 Å². The smallest absolute Gasteiger partial charge is 0.262 e. The maximum absolute atomic E-state index is 13.2. The number of hydrogen-bond acceptors (Lipinski definition) is 5. The molecule has 1 aromatic heterocycles. The molecule has 0 saturated carbocycles. The normalized spacial score (nSPS) is 10.8. The second-order valence-electron chi connectivity index (χ2n) is 7.04. The van der Waals surface area contributed by atoms with Gasteiger partial charge in [0.05, 0.1) is 34.5 Å². The number of aromatic nitrogens is 2. The van der Waals surface area contributed by atoms with E-state index in [4.69, 9.17) is 5.73 Å². The fourth-order valence-corrected chi connectivity index (χ4v) is 4.09. The van der Waals surface area contributed by atoms with Gasteiger partial charge in [0, 0.05) is 0 Å². The van der Waals surface area contributed by atoms with E-state index in [9.17, 15) is 14.4 Å². The highest BCUT2D eigenvalue weighted by Crippen LogP contribution is 2.20. The number of nitrogens with one attached hydrogen (secondary N) is 1. The highest BCUT2D eigenvalue weighted by molar-refractivity contribution is 7.99. The standard InChI is InChI=1S/C24H20N4O3S/c25-22(30)17-10-4-6-12-19(17)26-21(29)15-32-24-27-20-13-7-5-11-18(20)23(31)28(24)14-16-8-2-1-3-9-16/h1-13H,14-15H2,(H2,25,30)(H,26,29). The average Bonchev–Trinajstić information content (AvgIpc) is 2.81. The Morgan fingerprint density at radius 1 is 0.938 bits per heavy atom. The summed E-state index contributed by atoms with van der Waals surface area (Å²) in [6.45, 7) is 0.339. The highest BCUT2D eigenvalue weighted by atomic mass is 32.2. The van der Waals surface area contributed by atoms with Crippen LogP contribution in [0.15, 0.2) is 88.8 Å². The van der Waals surface area contributed by atoms with Crippen LogP contribution in [-0.2, 0) is 11.3 Å². The van der Waals surface area contributed by atoms with E-state index < -0.39 is 5.91 Å². The van der Waals surface area contributed by atoms with Crippen molar-refractivity contribution in [1.29, 1.82) is 0 Å². The molecule has 0 bridgehead atoms. The molecular formula is C24H20N4O3S. The Balaban J connectivity index is 1.61.